The van der Waals surface area contributed by atoms with Crippen molar-refractivity contribution in [2.75, 3.05) is 0 Å². The first-order valence-corrected chi connectivity index (χ1v) is 6.96. The highest BCUT2D eigenvalue weighted by Gasteiger charge is 2.26. The van der Waals surface area contributed by atoms with Crippen LogP contribution in [0, 0.1) is 5.92 Å². The number of fused-ring (bicyclic) bond motifs is 1. The van der Waals surface area contributed by atoms with Crippen LogP contribution < -0.4 is 0 Å². The highest BCUT2D eigenvalue weighted by atomic mass is 16.3. The molecule has 98 valence electrons. The maximum absolute atomic E-state index is 12.6. The first-order chi connectivity index (χ1) is 9.25. The third-order valence-electron chi connectivity index (χ3n) is 4.12. The summed E-state index contributed by atoms with van der Waals surface area (Å²) in [6.07, 6.45) is 2.91. The molecular formula is C17H18O2. The summed E-state index contributed by atoms with van der Waals surface area (Å²) in [5.74, 6) is 0.318. The van der Waals surface area contributed by atoms with Gasteiger partial charge in [-0.3, -0.25) is 4.79 Å². The van der Waals surface area contributed by atoms with Crippen LogP contribution in [-0.2, 0) is 0 Å². The fourth-order valence-electron chi connectivity index (χ4n) is 3.00. The Balaban J connectivity index is 1.93. The zero-order valence-electron chi connectivity index (χ0n) is 10.9. The number of aliphatic hydroxyl groups excluding tert-OH is 1. The quantitative estimate of drug-likeness (QED) is 0.832. The Labute approximate surface area is 113 Å². The van der Waals surface area contributed by atoms with Gasteiger partial charge in [-0.05, 0) is 36.5 Å². The van der Waals surface area contributed by atoms with E-state index in [-0.39, 0.29) is 17.8 Å². The van der Waals surface area contributed by atoms with Gasteiger partial charge in [-0.1, -0.05) is 42.5 Å². The van der Waals surface area contributed by atoms with E-state index in [1.54, 1.807) is 0 Å². The van der Waals surface area contributed by atoms with Crippen LogP contribution >= 0.6 is 0 Å². The van der Waals surface area contributed by atoms with Crippen LogP contribution in [0.3, 0.4) is 0 Å². The third-order valence-corrected chi connectivity index (χ3v) is 4.12. The molecule has 2 nitrogen and oxygen atoms in total. The molecule has 0 radical (unpaired) electrons. The summed E-state index contributed by atoms with van der Waals surface area (Å²) < 4.78 is 0. The highest BCUT2D eigenvalue weighted by Crippen LogP contribution is 2.29. The van der Waals surface area contributed by atoms with Crippen molar-refractivity contribution in [3.63, 3.8) is 0 Å². The lowest BCUT2D eigenvalue weighted by Crippen LogP contribution is -2.24. The van der Waals surface area contributed by atoms with Crippen LogP contribution in [-0.4, -0.2) is 17.0 Å². The van der Waals surface area contributed by atoms with E-state index in [1.165, 1.54) is 0 Å². The van der Waals surface area contributed by atoms with Crippen molar-refractivity contribution in [3.05, 3.63) is 48.0 Å². The lowest BCUT2D eigenvalue weighted by molar-refractivity contribution is 0.0766. The summed E-state index contributed by atoms with van der Waals surface area (Å²) in [4.78, 5) is 12.6. The molecule has 2 heteroatoms. The third kappa shape index (κ3) is 2.41. The number of hydrogen-bond donors (Lipinski definition) is 1. The molecule has 3 rings (SSSR count). The molecular weight excluding hydrogens is 236 g/mol. The molecule has 1 aliphatic rings. The molecule has 0 unspecified atom stereocenters. The van der Waals surface area contributed by atoms with E-state index in [4.69, 9.17) is 0 Å². The minimum absolute atomic E-state index is 0.0780. The SMILES string of the molecule is O=C(c1cccc2ccccc12)C1CCC(O)CC1. The molecule has 0 saturated heterocycles. The number of aliphatic hydroxyl groups is 1. The van der Waals surface area contributed by atoms with Crippen LogP contribution in [0.5, 0.6) is 0 Å². The number of hydrogen-bond acceptors (Lipinski definition) is 2. The van der Waals surface area contributed by atoms with Crippen molar-refractivity contribution in [2.45, 2.75) is 31.8 Å². The Morgan fingerprint density at radius 1 is 0.947 bits per heavy atom. The highest BCUT2D eigenvalue weighted by molar-refractivity contribution is 6.09. The maximum Gasteiger partial charge on any atom is 0.166 e. The fraction of sp³-hybridized carbons (Fsp3) is 0.353. The van der Waals surface area contributed by atoms with E-state index in [9.17, 15) is 9.90 Å². The fourth-order valence-corrected chi connectivity index (χ4v) is 3.00. The van der Waals surface area contributed by atoms with Crippen molar-refractivity contribution in [2.24, 2.45) is 5.92 Å². The molecule has 19 heavy (non-hydrogen) atoms. The average Bonchev–Trinajstić information content (AvgIpc) is 2.47. The summed E-state index contributed by atoms with van der Waals surface area (Å²) in [7, 11) is 0. The number of rotatable bonds is 2. The molecule has 1 saturated carbocycles. The van der Waals surface area contributed by atoms with E-state index in [1.807, 2.05) is 42.5 Å². The Bertz CT molecular complexity index is 590. The van der Waals surface area contributed by atoms with Crippen molar-refractivity contribution >= 4 is 16.6 Å². The van der Waals surface area contributed by atoms with Gasteiger partial charge in [0.1, 0.15) is 0 Å². The molecule has 0 amide bonds. The summed E-state index contributed by atoms with van der Waals surface area (Å²) in [5, 5.41) is 11.7. The van der Waals surface area contributed by atoms with Gasteiger partial charge in [0.05, 0.1) is 6.10 Å². The molecule has 0 aliphatic heterocycles. The van der Waals surface area contributed by atoms with E-state index in [0.717, 1.165) is 42.0 Å². The molecule has 2 aromatic rings. The Kier molecular flexibility index (Phi) is 3.34. The van der Waals surface area contributed by atoms with Crippen molar-refractivity contribution < 1.29 is 9.90 Å². The van der Waals surface area contributed by atoms with E-state index >= 15 is 0 Å². The minimum Gasteiger partial charge on any atom is -0.393 e. The number of carbonyl (C=O) groups excluding carboxylic acids is 1. The normalized spacial score (nSPS) is 23.4. The molecule has 0 aromatic heterocycles. The first kappa shape index (κ1) is 12.4. The van der Waals surface area contributed by atoms with E-state index < -0.39 is 0 Å². The second-order valence-electron chi connectivity index (χ2n) is 5.40. The van der Waals surface area contributed by atoms with Gasteiger partial charge in [-0.25, -0.2) is 0 Å². The standard InChI is InChI=1S/C17H18O2/c18-14-10-8-13(9-11-14)17(19)16-7-3-5-12-4-1-2-6-15(12)16/h1-7,13-14,18H,8-11H2. The van der Waals surface area contributed by atoms with E-state index in [0.29, 0.717) is 0 Å². The van der Waals surface area contributed by atoms with E-state index in [2.05, 4.69) is 0 Å². The Morgan fingerprint density at radius 3 is 2.42 bits per heavy atom. The smallest absolute Gasteiger partial charge is 0.166 e. The zero-order chi connectivity index (χ0) is 13.2. The summed E-state index contributed by atoms with van der Waals surface area (Å²) in [5.41, 5.74) is 0.833. The van der Waals surface area contributed by atoms with Crippen LogP contribution in [0.1, 0.15) is 36.0 Å². The molecule has 1 aliphatic carbocycles. The number of benzene rings is 2. The molecule has 0 atom stereocenters. The Morgan fingerprint density at radius 2 is 1.63 bits per heavy atom. The number of Topliss-reactive ketones (excluding diaryl/α,β-unsaturated/α-hetero) is 1. The predicted molar refractivity (Wildman–Crippen MR) is 76.2 cm³/mol. The number of ketones is 1. The van der Waals surface area contributed by atoms with Gasteiger partial charge in [0.25, 0.3) is 0 Å². The van der Waals surface area contributed by atoms with Crippen molar-refractivity contribution in [3.8, 4) is 0 Å². The minimum atomic E-state index is -0.212. The zero-order valence-corrected chi connectivity index (χ0v) is 10.9. The van der Waals surface area contributed by atoms with Crippen LogP contribution in [0.15, 0.2) is 42.5 Å². The topological polar surface area (TPSA) is 37.3 Å². The largest absolute Gasteiger partial charge is 0.393 e. The van der Waals surface area contributed by atoms with Gasteiger partial charge in [-0.15, -0.1) is 0 Å². The average molecular weight is 254 g/mol. The van der Waals surface area contributed by atoms with Gasteiger partial charge >= 0.3 is 0 Å². The second-order valence-corrected chi connectivity index (χ2v) is 5.40. The lowest BCUT2D eigenvalue weighted by Gasteiger charge is -2.24. The molecule has 1 fully saturated rings. The van der Waals surface area contributed by atoms with Crippen molar-refractivity contribution in [1.82, 2.24) is 0 Å². The van der Waals surface area contributed by atoms with Crippen LogP contribution in [0.2, 0.25) is 0 Å². The first-order valence-electron chi connectivity index (χ1n) is 6.96. The van der Waals surface area contributed by atoms with Gasteiger partial charge < -0.3 is 5.11 Å². The molecule has 0 bridgehead atoms. The predicted octanol–water partition coefficient (Wildman–Crippen LogP) is 3.57. The molecule has 0 spiro atoms. The molecule has 0 heterocycles. The Hall–Kier alpha value is -1.67. The second kappa shape index (κ2) is 5.14. The van der Waals surface area contributed by atoms with Gasteiger partial charge in [0, 0.05) is 11.5 Å². The number of carbonyl (C=O) groups is 1. The maximum atomic E-state index is 12.6. The van der Waals surface area contributed by atoms with Gasteiger partial charge in [0.15, 0.2) is 5.78 Å². The molecule has 1 N–H and O–H groups in total. The molecule has 2 aromatic carbocycles. The van der Waals surface area contributed by atoms with Crippen LogP contribution in [0.25, 0.3) is 10.8 Å². The van der Waals surface area contributed by atoms with Gasteiger partial charge in [0.2, 0.25) is 0 Å². The van der Waals surface area contributed by atoms with Gasteiger partial charge in [-0.2, -0.15) is 0 Å². The summed E-state index contributed by atoms with van der Waals surface area (Å²) >= 11 is 0. The summed E-state index contributed by atoms with van der Waals surface area (Å²) in [6.45, 7) is 0. The van der Waals surface area contributed by atoms with Crippen LogP contribution in [0.4, 0.5) is 0 Å². The van der Waals surface area contributed by atoms with Crippen molar-refractivity contribution in [1.29, 1.82) is 0 Å². The monoisotopic (exact) mass is 254 g/mol. The summed E-state index contributed by atoms with van der Waals surface area (Å²) in [6, 6.07) is 13.9. The lowest BCUT2D eigenvalue weighted by atomic mass is 9.81.